The van der Waals surface area contributed by atoms with E-state index in [1.165, 1.54) is 49.9 Å². The molecule has 1 N–H and O–H groups in total. The van der Waals surface area contributed by atoms with E-state index in [-0.39, 0.29) is 17.4 Å². The molecule has 0 spiro atoms. The molecule has 1 heterocycles. The van der Waals surface area contributed by atoms with Crippen LogP contribution in [0.25, 0.3) is 0 Å². The SMILES string of the molecule is CC(NC(=O)c1ccc(CN2CCCCCC2)cc1)c1ccc(C(C)(C)C)cc1. The highest BCUT2D eigenvalue weighted by molar-refractivity contribution is 5.94. The number of amides is 1. The number of carbonyl (C=O) groups excluding carboxylic acids is 1. The van der Waals surface area contributed by atoms with E-state index < -0.39 is 0 Å². The van der Waals surface area contributed by atoms with Gasteiger partial charge in [0, 0.05) is 12.1 Å². The molecule has 3 rings (SSSR count). The average Bonchev–Trinajstić information content (AvgIpc) is 2.96. The molecule has 1 atom stereocenters. The second kappa shape index (κ2) is 9.58. The van der Waals surface area contributed by atoms with Crippen LogP contribution in [0.4, 0.5) is 0 Å². The maximum Gasteiger partial charge on any atom is 0.251 e. The van der Waals surface area contributed by atoms with Crippen molar-refractivity contribution >= 4 is 5.91 Å². The van der Waals surface area contributed by atoms with Crippen molar-refractivity contribution in [2.45, 2.75) is 71.4 Å². The van der Waals surface area contributed by atoms with Crippen molar-refractivity contribution in [1.82, 2.24) is 10.2 Å². The molecule has 1 saturated heterocycles. The molecule has 1 fully saturated rings. The monoisotopic (exact) mass is 392 g/mol. The van der Waals surface area contributed by atoms with Crippen LogP contribution in [-0.2, 0) is 12.0 Å². The maximum atomic E-state index is 12.7. The van der Waals surface area contributed by atoms with Crippen LogP contribution in [0.15, 0.2) is 48.5 Å². The van der Waals surface area contributed by atoms with Gasteiger partial charge in [0.25, 0.3) is 5.91 Å². The lowest BCUT2D eigenvalue weighted by atomic mass is 9.86. The molecule has 0 radical (unpaired) electrons. The summed E-state index contributed by atoms with van der Waals surface area (Å²) >= 11 is 0. The van der Waals surface area contributed by atoms with Crippen LogP contribution in [0.3, 0.4) is 0 Å². The smallest absolute Gasteiger partial charge is 0.251 e. The van der Waals surface area contributed by atoms with Crippen molar-refractivity contribution in [2.24, 2.45) is 0 Å². The fraction of sp³-hybridized carbons (Fsp3) is 0.500. The summed E-state index contributed by atoms with van der Waals surface area (Å²) in [6.07, 6.45) is 5.31. The first kappa shape index (κ1) is 21.6. The fourth-order valence-electron chi connectivity index (χ4n) is 3.95. The molecule has 1 aliphatic rings. The van der Waals surface area contributed by atoms with E-state index in [1.807, 2.05) is 19.1 Å². The first-order valence-electron chi connectivity index (χ1n) is 11.1. The largest absolute Gasteiger partial charge is 0.346 e. The van der Waals surface area contributed by atoms with E-state index in [9.17, 15) is 4.79 Å². The number of carbonyl (C=O) groups is 1. The van der Waals surface area contributed by atoms with E-state index in [1.54, 1.807) is 0 Å². The third-order valence-electron chi connectivity index (χ3n) is 5.95. The second-order valence-corrected chi connectivity index (χ2v) is 9.45. The molecule has 0 aromatic heterocycles. The Kier molecular flexibility index (Phi) is 7.13. The van der Waals surface area contributed by atoms with Gasteiger partial charge in [0.05, 0.1) is 6.04 Å². The zero-order valence-corrected chi connectivity index (χ0v) is 18.5. The first-order chi connectivity index (χ1) is 13.8. The topological polar surface area (TPSA) is 32.3 Å². The van der Waals surface area contributed by atoms with Crippen LogP contribution in [0.1, 0.15) is 86.5 Å². The molecule has 29 heavy (non-hydrogen) atoms. The highest BCUT2D eigenvalue weighted by Gasteiger charge is 2.16. The Labute approximate surface area is 176 Å². The van der Waals surface area contributed by atoms with Crippen molar-refractivity contribution < 1.29 is 4.79 Å². The van der Waals surface area contributed by atoms with E-state index in [0.717, 1.165) is 17.7 Å². The van der Waals surface area contributed by atoms with Crippen molar-refractivity contribution in [3.8, 4) is 0 Å². The Morgan fingerprint density at radius 1 is 0.931 bits per heavy atom. The van der Waals surface area contributed by atoms with E-state index in [4.69, 9.17) is 0 Å². The Balaban J connectivity index is 1.57. The summed E-state index contributed by atoms with van der Waals surface area (Å²) < 4.78 is 0. The van der Waals surface area contributed by atoms with Crippen LogP contribution in [-0.4, -0.2) is 23.9 Å². The van der Waals surface area contributed by atoms with Gasteiger partial charge in [-0.25, -0.2) is 0 Å². The Hall–Kier alpha value is -2.13. The number of nitrogens with zero attached hydrogens (tertiary/aromatic N) is 1. The number of hydrogen-bond acceptors (Lipinski definition) is 2. The summed E-state index contributed by atoms with van der Waals surface area (Å²) in [6.45, 7) is 12.0. The summed E-state index contributed by atoms with van der Waals surface area (Å²) in [7, 11) is 0. The standard InChI is InChI=1S/C26H36N2O/c1-20(22-13-15-24(16-14-22)26(2,3)4)27-25(29)23-11-9-21(10-12-23)19-28-17-7-5-6-8-18-28/h9-16,20H,5-8,17-19H2,1-4H3,(H,27,29). The van der Waals surface area contributed by atoms with Crippen LogP contribution < -0.4 is 5.32 Å². The summed E-state index contributed by atoms with van der Waals surface area (Å²) in [4.78, 5) is 15.2. The Bertz CT molecular complexity index is 779. The second-order valence-electron chi connectivity index (χ2n) is 9.45. The number of rotatable bonds is 5. The lowest BCUT2D eigenvalue weighted by Crippen LogP contribution is -2.27. The molecule has 1 unspecified atom stereocenters. The number of likely N-dealkylation sites (tertiary alicyclic amines) is 1. The third kappa shape index (κ3) is 6.17. The molecule has 156 valence electrons. The quantitative estimate of drug-likeness (QED) is 0.692. The van der Waals surface area contributed by atoms with Gasteiger partial charge in [-0.05, 0) is 67.1 Å². The average molecular weight is 393 g/mol. The molecule has 3 nitrogen and oxygen atoms in total. The molecule has 1 amide bonds. The zero-order chi connectivity index (χ0) is 20.9. The molecular formula is C26H36N2O. The summed E-state index contributed by atoms with van der Waals surface area (Å²) in [5.41, 5.74) is 4.58. The predicted octanol–water partition coefficient (Wildman–Crippen LogP) is 5.85. The summed E-state index contributed by atoms with van der Waals surface area (Å²) in [6, 6.07) is 16.7. The summed E-state index contributed by atoms with van der Waals surface area (Å²) in [5.74, 6) is -0.0151. The van der Waals surface area contributed by atoms with Crippen molar-refractivity contribution in [1.29, 1.82) is 0 Å². The highest BCUT2D eigenvalue weighted by atomic mass is 16.1. The van der Waals surface area contributed by atoms with Crippen LogP contribution >= 0.6 is 0 Å². The zero-order valence-electron chi connectivity index (χ0n) is 18.5. The fourth-order valence-corrected chi connectivity index (χ4v) is 3.95. The lowest BCUT2D eigenvalue weighted by molar-refractivity contribution is 0.0940. The van der Waals surface area contributed by atoms with Gasteiger partial charge in [-0.3, -0.25) is 9.69 Å². The molecule has 0 saturated carbocycles. The van der Waals surface area contributed by atoms with Gasteiger partial charge in [-0.1, -0.05) is 70.0 Å². The minimum absolute atomic E-state index is 0.0151. The predicted molar refractivity (Wildman–Crippen MR) is 121 cm³/mol. The van der Waals surface area contributed by atoms with Crippen LogP contribution in [0.2, 0.25) is 0 Å². The maximum absolute atomic E-state index is 12.7. The van der Waals surface area contributed by atoms with Gasteiger partial charge in [0.2, 0.25) is 0 Å². The first-order valence-corrected chi connectivity index (χ1v) is 11.1. The number of nitrogens with one attached hydrogen (secondary N) is 1. The third-order valence-corrected chi connectivity index (χ3v) is 5.95. The van der Waals surface area contributed by atoms with E-state index >= 15 is 0 Å². The molecular weight excluding hydrogens is 356 g/mol. The molecule has 2 aromatic carbocycles. The summed E-state index contributed by atoms with van der Waals surface area (Å²) in [5, 5.41) is 3.13. The minimum atomic E-state index is -0.0201. The molecule has 0 bridgehead atoms. The van der Waals surface area contributed by atoms with Gasteiger partial charge in [0.15, 0.2) is 0 Å². The molecule has 3 heteroatoms. The molecule has 2 aromatic rings. The normalized spacial score (nSPS) is 16.8. The lowest BCUT2D eigenvalue weighted by Gasteiger charge is -2.21. The van der Waals surface area contributed by atoms with E-state index in [0.29, 0.717) is 0 Å². The van der Waals surface area contributed by atoms with Crippen molar-refractivity contribution in [3.05, 3.63) is 70.8 Å². The van der Waals surface area contributed by atoms with Gasteiger partial charge in [0.1, 0.15) is 0 Å². The van der Waals surface area contributed by atoms with E-state index in [2.05, 4.69) is 67.4 Å². The van der Waals surface area contributed by atoms with Gasteiger partial charge < -0.3 is 5.32 Å². The minimum Gasteiger partial charge on any atom is -0.346 e. The Morgan fingerprint density at radius 2 is 1.52 bits per heavy atom. The highest BCUT2D eigenvalue weighted by Crippen LogP contribution is 2.24. The van der Waals surface area contributed by atoms with Crippen LogP contribution in [0.5, 0.6) is 0 Å². The number of hydrogen-bond donors (Lipinski definition) is 1. The molecule has 1 aliphatic heterocycles. The Morgan fingerprint density at radius 3 is 2.07 bits per heavy atom. The van der Waals surface area contributed by atoms with Crippen LogP contribution in [0, 0.1) is 0 Å². The van der Waals surface area contributed by atoms with Gasteiger partial charge >= 0.3 is 0 Å². The van der Waals surface area contributed by atoms with Crippen molar-refractivity contribution in [2.75, 3.05) is 13.1 Å². The van der Waals surface area contributed by atoms with Gasteiger partial charge in [-0.2, -0.15) is 0 Å². The van der Waals surface area contributed by atoms with Gasteiger partial charge in [-0.15, -0.1) is 0 Å². The van der Waals surface area contributed by atoms with Crippen molar-refractivity contribution in [3.63, 3.8) is 0 Å². The number of benzene rings is 2. The molecule has 0 aliphatic carbocycles.